The number of methoxy groups -OCH3 is 1. The third-order valence-corrected chi connectivity index (χ3v) is 4.59. The molecule has 9 heteroatoms. The van der Waals surface area contributed by atoms with E-state index in [1.807, 2.05) is 0 Å². The van der Waals surface area contributed by atoms with Gasteiger partial charge in [0.25, 0.3) is 5.69 Å². The molecule has 0 spiro atoms. The van der Waals surface area contributed by atoms with Gasteiger partial charge in [-0.1, -0.05) is 0 Å². The number of rotatable bonds is 7. The monoisotopic (exact) mass is 303 g/mol. The molecule has 0 aliphatic heterocycles. The van der Waals surface area contributed by atoms with E-state index in [1.54, 1.807) is 0 Å². The number of hydrogen-bond acceptors (Lipinski definition) is 6. The van der Waals surface area contributed by atoms with Crippen molar-refractivity contribution in [2.75, 3.05) is 33.0 Å². The minimum atomic E-state index is -3.93. The van der Waals surface area contributed by atoms with Crippen molar-refractivity contribution in [3.63, 3.8) is 0 Å². The van der Waals surface area contributed by atoms with Crippen LogP contribution in [0.3, 0.4) is 0 Å². The second-order valence-corrected chi connectivity index (χ2v) is 6.17. The maximum Gasteiger partial charge on any atom is 0.291 e. The minimum absolute atomic E-state index is 0.137. The van der Waals surface area contributed by atoms with Crippen LogP contribution in [0.4, 0.5) is 11.4 Å². The number of nitro groups is 1. The molecular formula is C11H17N3O5S. The van der Waals surface area contributed by atoms with E-state index in [0.717, 1.165) is 16.4 Å². The summed E-state index contributed by atoms with van der Waals surface area (Å²) in [5.41, 5.74) is 5.07. The summed E-state index contributed by atoms with van der Waals surface area (Å²) in [5.74, 6) is 0. The highest BCUT2D eigenvalue weighted by Crippen LogP contribution is 2.28. The molecule has 0 amide bonds. The molecule has 0 aromatic heterocycles. The van der Waals surface area contributed by atoms with E-state index in [2.05, 4.69) is 0 Å². The van der Waals surface area contributed by atoms with Crippen LogP contribution in [0.5, 0.6) is 0 Å². The molecule has 2 N–H and O–H groups in total. The first-order valence-electron chi connectivity index (χ1n) is 5.80. The van der Waals surface area contributed by atoms with Crippen LogP contribution in [0.1, 0.15) is 6.42 Å². The molecule has 20 heavy (non-hydrogen) atoms. The highest BCUT2D eigenvalue weighted by atomic mass is 32.2. The molecule has 1 rings (SSSR count). The molecule has 0 heterocycles. The van der Waals surface area contributed by atoms with Crippen LogP contribution in [0, 0.1) is 10.1 Å². The lowest BCUT2D eigenvalue weighted by atomic mass is 10.3. The van der Waals surface area contributed by atoms with E-state index in [9.17, 15) is 18.5 Å². The summed E-state index contributed by atoms with van der Waals surface area (Å²) in [4.78, 5) is 9.83. The fraction of sp³-hybridized carbons (Fsp3) is 0.455. The molecule has 0 aliphatic rings. The van der Waals surface area contributed by atoms with Crippen LogP contribution >= 0.6 is 0 Å². The Morgan fingerprint density at radius 3 is 2.65 bits per heavy atom. The molecule has 8 nitrogen and oxygen atoms in total. The second-order valence-electron chi connectivity index (χ2n) is 4.16. The first-order valence-corrected chi connectivity index (χ1v) is 7.24. The Bertz CT molecular complexity index is 588. The number of hydrogen-bond donors (Lipinski definition) is 1. The van der Waals surface area contributed by atoms with E-state index in [-0.39, 0.29) is 17.1 Å². The predicted octanol–water partition coefficient (Wildman–Crippen LogP) is 0.834. The summed E-state index contributed by atoms with van der Waals surface area (Å²) in [5, 5.41) is 11.0. The zero-order valence-corrected chi connectivity index (χ0v) is 12.1. The highest BCUT2D eigenvalue weighted by Gasteiger charge is 2.29. The molecule has 0 bridgehead atoms. The third kappa shape index (κ3) is 3.65. The van der Waals surface area contributed by atoms with Crippen molar-refractivity contribution in [3.05, 3.63) is 28.3 Å². The van der Waals surface area contributed by atoms with Crippen molar-refractivity contribution in [2.45, 2.75) is 11.3 Å². The first-order chi connectivity index (χ1) is 9.30. The predicted molar refractivity (Wildman–Crippen MR) is 73.8 cm³/mol. The topological polar surface area (TPSA) is 116 Å². The standard InChI is InChI=1S/C11H17N3O5S/c1-13(6-3-7-19-2)20(17,18)11-5-4-9(12)8-10(11)14(15)16/h4-5,8H,3,6-7,12H2,1-2H3. The van der Waals surface area contributed by atoms with Crippen molar-refractivity contribution < 1.29 is 18.1 Å². The van der Waals surface area contributed by atoms with E-state index in [4.69, 9.17) is 10.5 Å². The van der Waals surface area contributed by atoms with Crippen molar-refractivity contribution >= 4 is 21.4 Å². The van der Waals surface area contributed by atoms with Gasteiger partial charge in [0.2, 0.25) is 10.0 Å². The average molecular weight is 303 g/mol. The van der Waals surface area contributed by atoms with Crippen LogP contribution in [0.25, 0.3) is 0 Å². The Balaban J connectivity index is 3.12. The SMILES string of the molecule is COCCCN(C)S(=O)(=O)c1ccc(N)cc1[N+](=O)[O-]. The summed E-state index contributed by atoms with van der Waals surface area (Å²) in [6.45, 7) is 0.612. The maximum atomic E-state index is 12.3. The Morgan fingerprint density at radius 2 is 2.10 bits per heavy atom. The van der Waals surface area contributed by atoms with E-state index in [1.165, 1.54) is 20.2 Å². The molecule has 0 aliphatic carbocycles. The molecular weight excluding hydrogens is 286 g/mol. The van der Waals surface area contributed by atoms with Gasteiger partial charge in [-0.3, -0.25) is 10.1 Å². The third-order valence-electron chi connectivity index (χ3n) is 2.69. The molecule has 1 aromatic carbocycles. The molecule has 0 saturated heterocycles. The summed E-state index contributed by atoms with van der Waals surface area (Å²) < 4.78 is 30.5. The van der Waals surface area contributed by atoms with Crippen LogP contribution in [-0.4, -0.2) is 45.0 Å². The largest absolute Gasteiger partial charge is 0.399 e. The number of sulfonamides is 1. The zero-order valence-electron chi connectivity index (χ0n) is 11.3. The Labute approximate surface area is 117 Å². The second kappa shape index (κ2) is 6.64. The molecule has 0 atom stereocenters. The molecule has 0 fully saturated rings. The van der Waals surface area contributed by atoms with Gasteiger partial charge in [-0.05, 0) is 18.6 Å². The highest BCUT2D eigenvalue weighted by molar-refractivity contribution is 7.89. The lowest BCUT2D eigenvalue weighted by Gasteiger charge is -2.17. The summed E-state index contributed by atoms with van der Waals surface area (Å²) >= 11 is 0. The summed E-state index contributed by atoms with van der Waals surface area (Å²) in [6.07, 6.45) is 0.495. The minimum Gasteiger partial charge on any atom is -0.399 e. The normalized spacial score (nSPS) is 11.8. The van der Waals surface area contributed by atoms with Gasteiger partial charge in [0.05, 0.1) is 4.92 Å². The first kappa shape index (κ1) is 16.3. The van der Waals surface area contributed by atoms with E-state index < -0.39 is 20.6 Å². The van der Waals surface area contributed by atoms with Crippen molar-refractivity contribution in [3.8, 4) is 0 Å². The maximum absolute atomic E-state index is 12.3. The smallest absolute Gasteiger partial charge is 0.291 e. The van der Waals surface area contributed by atoms with Crippen LogP contribution < -0.4 is 5.73 Å². The van der Waals surface area contributed by atoms with Crippen molar-refractivity contribution in [2.24, 2.45) is 0 Å². The quantitative estimate of drug-likeness (QED) is 0.345. The van der Waals surface area contributed by atoms with Gasteiger partial charge < -0.3 is 10.5 Å². The van der Waals surface area contributed by atoms with Crippen LogP contribution in [0.15, 0.2) is 23.1 Å². The fourth-order valence-corrected chi connectivity index (χ4v) is 2.96. The lowest BCUT2D eigenvalue weighted by Crippen LogP contribution is -2.29. The molecule has 0 radical (unpaired) electrons. The van der Waals surface area contributed by atoms with Crippen LogP contribution in [-0.2, 0) is 14.8 Å². The van der Waals surface area contributed by atoms with E-state index in [0.29, 0.717) is 13.0 Å². The van der Waals surface area contributed by atoms with Gasteiger partial charge in [-0.15, -0.1) is 0 Å². The van der Waals surface area contributed by atoms with Gasteiger partial charge in [0.1, 0.15) is 0 Å². The summed E-state index contributed by atoms with van der Waals surface area (Å²) in [6, 6.07) is 3.51. The van der Waals surface area contributed by atoms with Gasteiger partial charge >= 0.3 is 0 Å². The van der Waals surface area contributed by atoms with Crippen molar-refractivity contribution in [1.29, 1.82) is 0 Å². The van der Waals surface area contributed by atoms with E-state index >= 15 is 0 Å². The number of anilines is 1. The van der Waals surface area contributed by atoms with Crippen LogP contribution in [0.2, 0.25) is 0 Å². The van der Waals surface area contributed by atoms with Gasteiger partial charge in [0, 0.05) is 39.1 Å². The van der Waals surface area contributed by atoms with Gasteiger partial charge in [-0.25, -0.2) is 12.7 Å². The lowest BCUT2D eigenvalue weighted by molar-refractivity contribution is -0.387. The summed E-state index contributed by atoms with van der Waals surface area (Å²) in [7, 11) is -1.05. The molecule has 0 saturated carbocycles. The Kier molecular flexibility index (Phi) is 5.43. The average Bonchev–Trinajstić information content (AvgIpc) is 2.38. The number of nitrogen functional groups attached to an aromatic ring is 1. The van der Waals surface area contributed by atoms with Crippen molar-refractivity contribution in [1.82, 2.24) is 4.31 Å². The fourth-order valence-electron chi connectivity index (χ4n) is 1.61. The Hall–Kier alpha value is -1.71. The molecule has 112 valence electrons. The Morgan fingerprint density at radius 1 is 1.45 bits per heavy atom. The number of benzene rings is 1. The number of ether oxygens (including phenoxy) is 1. The van der Waals surface area contributed by atoms with Gasteiger partial charge in [-0.2, -0.15) is 0 Å². The number of nitro benzene ring substituents is 1. The van der Waals surface area contributed by atoms with Gasteiger partial charge in [0.15, 0.2) is 4.90 Å². The zero-order chi connectivity index (χ0) is 15.3. The number of nitrogens with two attached hydrogens (primary N) is 1. The molecule has 1 aromatic rings. The molecule has 0 unspecified atom stereocenters. The number of nitrogens with zero attached hydrogens (tertiary/aromatic N) is 2.